The quantitative estimate of drug-likeness (QED) is 0.342. The summed E-state index contributed by atoms with van der Waals surface area (Å²) in [6.07, 6.45) is 2.17. The van der Waals surface area contributed by atoms with Gasteiger partial charge in [0.25, 0.3) is 0 Å². The number of hydrogen-bond donors (Lipinski definition) is 4. The maximum atomic E-state index is 12.3. The first-order valence-electron chi connectivity index (χ1n) is 9.10. The molecule has 11 heteroatoms. The van der Waals surface area contributed by atoms with Gasteiger partial charge in [0.1, 0.15) is 12.2 Å². The van der Waals surface area contributed by atoms with Crippen LogP contribution >= 0.6 is 0 Å². The van der Waals surface area contributed by atoms with Crippen LogP contribution in [0.3, 0.4) is 0 Å². The van der Waals surface area contributed by atoms with Crippen molar-refractivity contribution in [2.45, 2.75) is 51.2 Å². The number of carbonyl (C=O) groups excluding carboxylic acids is 2. The summed E-state index contributed by atoms with van der Waals surface area (Å²) in [5.41, 5.74) is -0.784. The van der Waals surface area contributed by atoms with E-state index in [4.69, 9.17) is 15.9 Å². The van der Waals surface area contributed by atoms with Crippen molar-refractivity contribution < 1.29 is 29.3 Å². The van der Waals surface area contributed by atoms with E-state index in [0.29, 0.717) is 19.4 Å². The summed E-state index contributed by atoms with van der Waals surface area (Å²) in [5.74, 6) is 2.00. The number of carbonyl (C=O) groups is 2. The molecule has 4 atom stereocenters. The van der Waals surface area contributed by atoms with Crippen LogP contribution in [-0.2, 0) is 14.3 Å². The molecule has 2 rings (SSSR count). The minimum absolute atomic E-state index is 0.0379. The van der Waals surface area contributed by atoms with Gasteiger partial charge in [-0.15, -0.1) is 6.42 Å². The highest BCUT2D eigenvalue weighted by Crippen LogP contribution is 2.28. The number of terminal acetylenes is 1. The van der Waals surface area contributed by atoms with Gasteiger partial charge in [0.15, 0.2) is 12.0 Å². The van der Waals surface area contributed by atoms with E-state index in [1.807, 2.05) is 0 Å². The van der Waals surface area contributed by atoms with Gasteiger partial charge in [0.2, 0.25) is 5.91 Å². The fourth-order valence-electron chi connectivity index (χ4n) is 2.63. The van der Waals surface area contributed by atoms with Crippen LogP contribution in [0.4, 0.5) is 10.6 Å². The Kier molecular flexibility index (Phi) is 7.72. The SMILES string of the molecule is C#Cc1cn([C@@H]2O[C@H](C)[C@@H](O)[C@H]2O)c(=O)nc1NC(=O)OCCCNC(=O)CC. The van der Waals surface area contributed by atoms with Crippen LogP contribution < -0.4 is 16.3 Å². The van der Waals surface area contributed by atoms with E-state index in [9.17, 15) is 24.6 Å². The van der Waals surface area contributed by atoms with Gasteiger partial charge in [-0.2, -0.15) is 4.98 Å². The number of anilines is 1. The summed E-state index contributed by atoms with van der Waals surface area (Å²) in [6, 6.07) is 0. The maximum Gasteiger partial charge on any atom is 0.412 e. The van der Waals surface area contributed by atoms with E-state index >= 15 is 0 Å². The summed E-state index contributed by atoms with van der Waals surface area (Å²) in [4.78, 5) is 39.0. The van der Waals surface area contributed by atoms with E-state index < -0.39 is 36.3 Å². The molecule has 4 N–H and O–H groups in total. The van der Waals surface area contributed by atoms with Crippen molar-refractivity contribution in [2.24, 2.45) is 0 Å². The van der Waals surface area contributed by atoms with Crippen LogP contribution in [0.2, 0.25) is 0 Å². The van der Waals surface area contributed by atoms with Gasteiger partial charge in [-0.1, -0.05) is 12.8 Å². The number of nitrogens with one attached hydrogen (secondary N) is 2. The zero-order valence-corrected chi connectivity index (χ0v) is 16.1. The zero-order valence-electron chi connectivity index (χ0n) is 16.1. The summed E-state index contributed by atoms with van der Waals surface area (Å²) in [7, 11) is 0. The van der Waals surface area contributed by atoms with Crippen molar-refractivity contribution in [3.8, 4) is 12.3 Å². The average molecular weight is 408 g/mol. The summed E-state index contributed by atoms with van der Waals surface area (Å²) >= 11 is 0. The molecule has 0 aliphatic carbocycles. The first-order valence-corrected chi connectivity index (χ1v) is 9.10. The second-order valence-electron chi connectivity index (χ2n) is 6.37. The lowest BCUT2D eigenvalue weighted by Crippen LogP contribution is -2.36. The number of aromatic nitrogens is 2. The van der Waals surface area contributed by atoms with Crippen LogP contribution in [0.1, 0.15) is 38.5 Å². The van der Waals surface area contributed by atoms with Crippen molar-refractivity contribution in [1.82, 2.24) is 14.9 Å². The molecule has 0 aromatic carbocycles. The first-order chi connectivity index (χ1) is 13.8. The van der Waals surface area contributed by atoms with Crippen LogP contribution in [-0.4, -0.2) is 63.2 Å². The Morgan fingerprint density at radius 3 is 2.72 bits per heavy atom. The summed E-state index contributed by atoms with van der Waals surface area (Å²) in [5, 5.41) is 24.8. The number of ether oxygens (including phenoxy) is 2. The second-order valence-corrected chi connectivity index (χ2v) is 6.37. The maximum absolute atomic E-state index is 12.3. The Bertz CT molecular complexity index is 848. The third-order valence-electron chi connectivity index (χ3n) is 4.28. The predicted molar refractivity (Wildman–Crippen MR) is 101 cm³/mol. The van der Waals surface area contributed by atoms with Crippen molar-refractivity contribution in [2.75, 3.05) is 18.5 Å². The Labute approximate surface area is 167 Å². The minimum Gasteiger partial charge on any atom is -0.449 e. The van der Waals surface area contributed by atoms with Gasteiger partial charge in [-0.25, -0.2) is 9.59 Å². The summed E-state index contributed by atoms with van der Waals surface area (Å²) in [6.45, 7) is 3.67. The normalized spacial score (nSPS) is 23.3. The lowest BCUT2D eigenvalue weighted by molar-refractivity contribution is -0.120. The number of nitrogens with zero attached hydrogens (tertiary/aromatic N) is 2. The zero-order chi connectivity index (χ0) is 21.6. The summed E-state index contributed by atoms with van der Waals surface area (Å²) < 4.78 is 11.3. The lowest BCUT2D eigenvalue weighted by Gasteiger charge is -2.18. The van der Waals surface area contributed by atoms with Gasteiger partial charge >= 0.3 is 11.8 Å². The fourth-order valence-corrected chi connectivity index (χ4v) is 2.63. The molecule has 2 heterocycles. The van der Waals surface area contributed by atoms with E-state index in [2.05, 4.69) is 21.5 Å². The third-order valence-corrected chi connectivity index (χ3v) is 4.28. The Balaban J connectivity index is 2.01. The second kappa shape index (κ2) is 10.0. The molecule has 0 saturated carbocycles. The smallest absolute Gasteiger partial charge is 0.412 e. The van der Waals surface area contributed by atoms with E-state index in [-0.39, 0.29) is 23.9 Å². The molecule has 0 unspecified atom stereocenters. The van der Waals surface area contributed by atoms with Crippen molar-refractivity contribution in [3.63, 3.8) is 0 Å². The molecule has 11 nitrogen and oxygen atoms in total. The highest BCUT2D eigenvalue weighted by Gasteiger charge is 2.42. The molecule has 1 aliphatic rings. The lowest BCUT2D eigenvalue weighted by atomic mass is 10.1. The largest absolute Gasteiger partial charge is 0.449 e. The average Bonchev–Trinajstić information content (AvgIpc) is 2.95. The van der Waals surface area contributed by atoms with Gasteiger partial charge in [0, 0.05) is 19.2 Å². The first kappa shape index (κ1) is 22.4. The molecule has 0 spiro atoms. The number of rotatable bonds is 7. The molecule has 29 heavy (non-hydrogen) atoms. The van der Waals surface area contributed by atoms with E-state index in [1.54, 1.807) is 13.8 Å². The molecular weight excluding hydrogens is 384 g/mol. The van der Waals surface area contributed by atoms with Crippen molar-refractivity contribution in [1.29, 1.82) is 0 Å². The van der Waals surface area contributed by atoms with Crippen LogP contribution in [0.5, 0.6) is 0 Å². The molecule has 1 aromatic rings. The fraction of sp³-hybridized carbons (Fsp3) is 0.556. The van der Waals surface area contributed by atoms with Gasteiger partial charge in [0.05, 0.1) is 18.3 Å². The molecule has 0 bridgehead atoms. The Morgan fingerprint density at radius 1 is 1.41 bits per heavy atom. The molecular formula is C18H24N4O7. The molecule has 2 amide bonds. The molecule has 1 aliphatic heterocycles. The highest BCUT2D eigenvalue weighted by atomic mass is 16.6. The number of aliphatic hydroxyl groups is 2. The molecule has 1 fully saturated rings. The Morgan fingerprint density at radius 2 is 2.14 bits per heavy atom. The van der Waals surface area contributed by atoms with Crippen molar-refractivity contribution in [3.05, 3.63) is 22.2 Å². The number of hydrogen-bond acceptors (Lipinski definition) is 8. The molecule has 1 aromatic heterocycles. The van der Waals surface area contributed by atoms with Gasteiger partial charge < -0.3 is 25.0 Å². The minimum atomic E-state index is -1.34. The van der Waals surface area contributed by atoms with E-state index in [1.165, 1.54) is 6.20 Å². The third kappa shape index (κ3) is 5.54. The van der Waals surface area contributed by atoms with Crippen LogP contribution in [0.15, 0.2) is 11.0 Å². The number of aliphatic hydroxyl groups excluding tert-OH is 2. The topological polar surface area (TPSA) is 152 Å². The van der Waals surface area contributed by atoms with Crippen LogP contribution in [0.25, 0.3) is 0 Å². The van der Waals surface area contributed by atoms with Crippen molar-refractivity contribution >= 4 is 17.8 Å². The monoisotopic (exact) mass is 408 g/mol. The van der Waals surface area contributed by atoms with Gasteiger partial charge in [-0.3, -0.25) is 14.7 Å². The van der Waals surface area contributed by atoms with Gasteiger partial charge in [-0.05, 0) is 13.3 Å². The highest BCUT2D eigenvalue weighted by molar-refractivity contribution is 5.84. The molecule has 158 valence electrons. The Hall–Kier alpha value is -2.94. The number of amides is 2. The molecule has 0 radical (unpaired) electrons. The predicted octanol–water partition coefficient (Wildman–Crippen LogP) is -0.671. The standard InChI is InChI=1S/C18H24N4O7/c1-4-11-9-22(16-14(25)13(24)10(3)29-16)17(26)20-15(11)21-18(27)28-8-6-7-19-12(23)5-2/h1,9-10,13-14,16,24-25H,5-8H2,2-3H3,(H,19,23)(H,20,21,26,27)/t10-,13-,14-,16-/m1/s1. The molecule has 1 saturated heterocycles. The van der Waals surface area contributed by atoms with Crippen LogP contribution in [0, 0.1) is 12.3 Å². The van der Waals surface area contributed by atoms with E-state index in [0.717, 1.165) is 4.57 Å².